The number of carbonyl (C=O) groups is 1. The lowest BCUT2D eigenvalue weighted by Gasteiger charge is -2.20. The van der Waals surface area contributed by atoms with Gasteiger partial charge < -0.3 is 10.6 Å². The normalized spacial score (nSPS) is 20.4. The molecule has 2 unspecified atom stereocenters. The monoisotopic (exact) mass is 274 g/mol. The first-order chi connectivity index (χ1) is 9.47. The molecule has 1 amide bonds. The SMILES string of the molecule is CC(CC(=O)N1CCC(C(C)C)C1)c1ccc(N)cc1. The van der Waals surface area contributed by atoms with E-state index in [-0.39, 0.29) is 11.8 Å². The Morgan fingerprint density at radius 2 is 1.95 bits per heavy atom. The molecule has 3 nitrogen and oxygen atoms in total. The molecule has 110 valence electrons. The lowest BCUT2D eigenvalue weighted by atomic mass is 9.95. The summed E-state index contributed by atoms with van der Waals surface area (Å²) in [6.07, 6.45) is 1.74. The van der Waals surface area contributed by atoms with Crippen LogP contribution in [0.15, 0.2) is 24.3 Å². The van der Waals surface area contributed by atoms with Crippen LogP contribution in [0.5, 0.6) is 0 Å². The van der Waals surface area contributed by atoms with Crippen LogP contribution < -0.4 is 5.73 Å². The first-order valence-corrected chi connectivity index (χ1v) is 7.60. The smallest absolute Gasteiger partial charge is 0.223 e. The maximum absolute atomic E-state index is 12.4. The van der Waals surface area contributed by atoms with Crippen molar-refractivity contribution in [1.82, 2.24) is 4.90 Å². The summed E-state index contributed by atoms with van der Waals surface area (Å²) in [6.45, 7) is 8.46. The van der Waals surface area contributed by atoms with E-state index in [1.54, 1.807) is 0 Å². The van der Waals surface area contributed by atoms with E-state index in [0.717, 1.165) is 25.2 Å². The van der Waals surface area contributed by atoms with Crippen LogP contribution in [0.1, 0.15) is 45.1 Å². The quantitative estimate of drug-likeness (QED) is 0.857. The van der Waals surface area contributed by atoms with Crippen LogP contribution in [0.25, 0.3) is 0 Å². The lowest BCUT2D eigenvalue weighted by molar-refractivity contribution is -0.130. The van der Waals surface area contributed by atoms with Gasteiger partial charge in [-0.15, -0.1) is 0 Å². The van der Waals surface area contributed by atoms with E-state index in [1.165, 1.54) is 5.56 Å². The van der Waals surface area contributed by atoms with E-state index < -0.39 is 0 Å². The predicted octanol–water partition coefficient (Wildman–Crippen LogP) is 3.27. The molecular weight excluding hydrogens is 248 g/mol. The van der Waals surface area contributed by atoms with Gasteiger partial charge in [-0.05, 0) is 41.9 Å². The molecule has 1 heterocycles. The number of benzene rings is 1. The Morgan fingerprint density at radius 3 is 2.50 bits per heavy atom. The highest BCUT2D eigenvalue weighted by Crippen LogP contribution is 2.26. The van der Waals surface area contributed by atoms with Crippen molar-refractivity contribution in [3.8, 4) is 0 Å². The van der Waals surface area contributed by atoms with Crippen LogP contribution in [0, 0.1) is 11.8 Å². The Balaban J connectivity index is 1.90. The van der Waals surface area contributed by atoms with Crippen LogP contribution >= 0.6 is 0 Å². The molecule has 2 rings (SSSR count). The topological polar surface area (TPSA) is 46.3 Å². The Bertz CT molecular complexity index is 453. The van der Waals surface area contributed by atoms with Gasteiger partial charge >= 0.3 is 0 Å². The summed E-state index contributed by atoms with van der Waals surface area (Å²) in [5, 5.41) is 0. The van der Waals surface area contributed by atoms with Crippen LogP contribution in [-0.4, -0.2) is 23.9 Å². The number of likely N-dealkylation sites (tertiary alicyclic amines) is 1. The Labute approximate surface area is 122 Å². The number of anilines is 1. The van der Waals surface area contributed by atoms with E-state index in [0.29, 0.717) is 18.3 Å². The summed E-state index contributed by atoms with van der Waals surface area (Å²) in [4.78, 5) is 14.4. The number of rotatable bonds is 4. The number of nitrogens with two attached hydrogens (primary N) is 1. The maximum atomic E-state index is 12.4. The Kier molecular flexibility index (Phi) is 4.69. The molecule has 20 heavy (non-hydrogen) atoms. The molecule has 2 atom stereocenters. The van der Waals surface area contributed by atoms with E-state index in [1.807, 2.05) is 29.2 Å². The maximum Gasteiger partial charge on any atom is 0.223 e. The van der Waals surface area contributed by atoms with Gasteiger partial charge in [0.1, 0.15) is 0 Å². The lowest BCUT2D eigenvalue weighted by Crippen LogP contribution is -2.30. The van der Waals surface area contributed by atoms with Gasteiger partial charge in [-0.3, -0.25) is 4.79 Å². The fourth-order valence-electron chi connectivity index (χ4n) is 2.89. The van der Waals surface area contributed by atoms with Crippen LogP contribution in [0.2, 0.25) is 0 Å². The average Bonchev–Trinajstić information content (AvgIpc) is 2.89. The minimum Gasteiger partial charge on any atom is -0.399 e. The molecule has 1 fully saturated rings. The number of hydrogen-bond donors (Lipinski definition) is 1. The summed E-state index contributed by atoms with van der Waals surface area (Å²) in [6, 6.07) is 7.85. The zero-order valence-corrected chi connectivity index (χ0v) is 12.8. The van der Waals surface area contributed by atoms with Gasteiger partial charge in [0.25, 0.3) is 0 Å². The van der Waals surface area contributed by atoms with Gasteiger partial charge in [-0.2, -0.15) is 0 Å². The number of carbonyl (C=O) groups excluding carboxylic acids is 1. The predicted molar refractivity (Wildman–Crippen MR) is 83.4 cm³/mol. The molecular formula is C17H26N2O. The molecule has 1 aromatic rings. The molecule has 0 aromatic heterocycles. The second-order valence-electron chi connectivity index (χ2n) is 6.40. The molecule has 0 aliphatic carbocycles. The van der Waals surface area contributed by atoms with E-state index in [2.05, 4.69) is 20.8 Å². The average molecular weight is 274 g/mol. The largest absolute Gasteiger partial charge is 0.399 e. The van der Waals surface area contributed by atoms with Gasteiger partial charge in [0, 0.05) is 25.2 Å². The minimum absolute atomic E-state index is 0.251. The summed E-state index contributed by atoms with van der Waals surface area (Å²) < 4.78 is 0. The van der Waals surface area contributed by atoms with E-state index >= 15 is 0 Å². The highest BCUT2D eigenvalue weighted by Gasteiger charge is 2.28. The Morgan fingerprint density at radius 1 is 1.30 bits per heavy atom. The van der Waals surface area contributed by atoms with Gasteiger partial charge in [0.05, 0.1) is 0 Å². The van der Waals surface area contributed by atoms with Crippen molar-refractivity contribution in [2.45, 2.75) is 39.5 Å². The third kappa shape index (κ3) is 3.53. The molecule has 1 saturated heterocycles. The molecule has 0 bridgehead atoms. The molecule has 1 aliphatic rings. The van der Waals surface area contributed by atoms with Crippen LogP contribution in [0.3, 0.4) is 0 Å². The van der Waals surface area contributed by atoms with Crippen molar-refractivity contribution in [1.29, 1.82) is 0 Å². The summed E-state index contributed by atoms with van der Waals surface area (Å²) >= 11 is 0. The van der Waals surface area contributed by atoms with E-state index in [4.69, 9.17) is 5.73 Å². The first-order valence-electron chi connectivity index (χ1n) is 7.60. The first kappa shape index (κ1) is 14.9. The molecule has 2 N–H and O–H groups in total. The van der Waals surface area contributed by atoms with Crippen molar-refractivity contribution in [3.63, 3.8) is 0 Å². The third-order valence-electron chi connectivity index (χ3n) is 4.51. The fourth-order valence-corrected chi connectivity index (χ4v) is 2.89. The summed E-state index contributed by atoms with van der Waals surface area (Å²) in [5.41, 5.74) is 7.65. The zero-order chi connectivity index (χ0) is 14.7. The van der Waals surface area contributed by atoms with Gasteiger partial charge in [0.2, 0.25) is 5.91 Å². The fraction of sp³-hybridized carbons (Fsp3) is 0.588. The van der Waals surface area contributed by atoms with Crippen molar-refractivity contribution in [2.75, 3.05) is 18.8 Å². The van der Waals surface area contributed by atoms with E-state index in [9.17, 15) is 4.79 Å². The van der Waals surface area contributed by atoms with Crippen molar-refractivity contribution in [2.24, 2.45) is 11.8 Å². The number of nitrogens with zero attached hydrogens (tertiary/aromatic N) is 1. The van der Waals surface area contributed by atoms with Gasteiger partial charge in [-0.25, -0.2) is 0 Å². The van der Waals surface area contributed by atoms with Gasteiger partial charge in [-0.1, -0.05) is 32.9 Å². The van der Waals surface area contributed by atoms with Gasteiger partial charge in [0.15, 0.2) is 0 Å². The summed E-state index contributed by atoms with van der Waals surface area (Å²) in [7, 11) is 0. The third-order valence-corrected chi connectivity index (χ3v) is 4.51. The summed E-state index contributed by atoms with van der Waals surface area (Å²) in [5.74, 6) is 1.88. The molecule has 1 aliphatic heterocycles. The standard InChI is InChI=1S/C17H26N2O/c1-12(2)15-8-9-19(11-15)17(20)10-13(3)14-4-6-16(18)7-5-14/h4-7,12-13,15H,8-11,18H2,1-3H3. The van der Waals surface area contributed by atoms with Crippen LogP contribution in [0.4, 0.5) is 5.69 Å². The molecule has 0 saturated carbocycles. The number of nitrogen functional groups attached to an aromatic ring is 1. The molecule has 1 aromatic carbocycles. The second kappa shape index (κ2) is 6.29. The van der Waals surface area contributed by atoms with Crippen molar-refractivity contribution < 1.29 is 4.79 Å². The second-order valence-corrected chi connectivity index (χ2v) is 6.40. The molecule has 0 radical (unpaired) electrons. The highest BCUT2D eigenvalue weighted by atomic mass is 16.2. The minimum atomic E-state index is 0.251. The number of amides is 1. The molecule has 3 heteroatoms. The Hall–Kier alpha value is -1.51. The molecule has 0 spiro atoms. The zero-order valence-electron chi connectivity index (χ0n) is 12.8. The highest BCUT2D eigenvalue weighted by molar-refractivity contribution is 5.77. The van der Waals surface area contributed by atoms with Crippen molar-refractivity contribution >= 4 is 11.6 Å². The number of hydrogen-bond acceptors (Lipinski definition) is 2. The van der Waals surface area contributed by atoms with Crippen LogP contribution in [-0.2, 0) is 4.79 Å². The van der Waals surface area contributed by atoms with Crippen molar-refractivity contribution in [3.05, 3.63) is 29.8 Å².